The van der Waals surface area contributed by atoms with Crippen LogP contribution in [0.25, 0.3) is 0 Å². The van der Waals surface area contributed by atoms with Crippen molar-refractivity contribution in [3.63, 3.8) is 0 Å². The minimum atomic E-state index is -3.67. The zero-order valence-corrected chi connectivity index (χ0v) is 12.6. The summed E-state index contributed by atoms with van der Waals surface area (Å²) < 4.78 is 26.7. The Morgan fingerprint density at radius 2 is 2.00 bits per heavy atom. The molecule has 0 spiro atoms. The molecule has 0 aromatic heterocycles. The molecule has 0 aliphatic heterocycles. The van der Waals surface area contributed by atoms with Crippen LogP contribution in [0.2, 0.25) is 0 Å². The largest absolute Gasteiger partial charge is 0.270 e. The van der Waals surface area contributed by atoms with Crippen molar-refractivity contribution >= 4 is 15.7 Å². The second-order valence-electron chi connectivity index (χ2n) is 5.44. The summed E-state index contributed by atoms with van der Waals surface area (Å²) in [5.41, 5.74) is -0.219. The first kappa shape index (κ1) is 15.9. The first-order chi connectivity index (χ1) is 9.99. The van der Waals surface area contributed by atoms with Gasteiger partial charge >= 0.3 is 0 Å². The topological polar surface area (TPSA) is 89.3 Å². The third kappa shape index (κ3) is 4.50. The van der Waals surface area contributed by atoms with Crippen molar-refractivity contribution in [2.75, 3.05) is 6.54 Å². The first-order valence-electron chi connectivity index (χ1n) is 7.23. The third-order valence-corrected chi connectivity index (χ3v) is 5.35. The summed E-state index contributed by atoms with van der Waals surface area (Å²) >= 11 is 0. The highest BCUT2D eigenvalue weighted by molar-refractivity contribution is 7.89. The molecule has 0 radical (unpaired) electrons. The number of hydrogen-bond donors (Lipinski definition) is 1. The minimum Gasteiger partial charge on any atom is -0.258 e. The molecule has 0 atom stereocenters. The molecule has 0 unspecified atom stereocenters. The maximum absolute atomic E-state index is 12.1. The molecular weight excluding hydrogens is 292 g/mol. The molecule has 2 rings (SSSR count). The molecule has 0 bridgehead atoms. The molecule has 0 amide bonds. The summed E-state index contributed by atoms with van der Waals surface area (Å²) in [6, 6.07) is 5.11. The molecule has 0 saturated heterocycles. The second kappa shape index (κ2) is 7.00. The summed E-state index contributed by atoms with van der Waals surface area (Å²) in [6.45, 7) is 0.377. The average molecular weight is 312 g/mol. The van der Waals surface area contributed by atoms with E-state index in [-0.39, 0.29) is 10.6 Å². The molecule has 1 saturated carbocycles. The van der Waals surface area contributed by atoms with Crippen LogP contribution < -0.4 is 4.72 Å². The fourth-order valence-electron chi connectivity index (χ4n) is 2.74. The molecular formula is C14H20N2O4S. The summed E-state index contributed by atoms with van der Waals surface area (Å²) in [5.74, 6) is 0.729. The number of benzene rings is 1. The fraction of sp³-hybridized carbons (Fsp3) is 0.571. The van der Waals surface area contributed by atoms with Crippen molar-refractivity contribution in [1.29, 1.82) is 0 Å². The molecule has 0 heterocycles. The van der Waals surface area contributed by atoms with E-state index in [2.05, 4.69) is 4.72 Å². The molecule has 1 aromatic rings. The van der Waals surface area contributed by atoms with Crippen LogP contribution >= 0.6 is 0 Å². The van der Waals surface area contributed by atoms with Gasteiger partial charge in [-0.25, -0.2) is 13.1 Å². The Bertz CT molecular complexity index is 595. The van der Waals surface area contributed by atoms with Crippen molar-refractivity contribution in [2.24, 2.45) is 5.92 Å². The van der Waals surface area contributed by atoms with Crippen molar-refractivity contribution in [2.45, 2.75) is 43.4 Å². The number of sulfonamides is 1. The normalized spacial score (nSPS) is 16.2. The predicted octanol–water partition coefficient (Wildman–Crippen LogP) is 2.84. The van der Waals surface area contributed by atoms with E-state index in [4.69, 9.17) is 0 Å². The maximum Gasteiger partial charge on any atom is 0.270 e. The van der Waals surface area contributed by atoms with Gasteiger partial charge in [0.15, 0.2) is 0 Å². The zero-order chi connectivity index (χ0) is 15.3. The van der Waals surface area contributed by atoms with Gasteiger partial charge < -0.3 is 0 Å². The lowest BCUT2D eigenvalue weighted by Gasteiger charge is -2.09. The summed E-state index contributed by atoms with van der Waals surface area (Å²) in [4.78, 5) is 10.0. The van der Waals surface area contributed by atoms with E-state index in [0.717, 1.165) is 24.8 Å². The van der Waals surface area contributed by atoms with Gasteiger partial charge in [-0.05, 0) is 24.8 Å². The summed E-state index contributed by atoms with van der Waals surface area (Å²) in [6.07, 6.45) is 6.90. The molecule has 1 N–H and O–H groups in total. The Labute approximate surface area is 124 Å². The predicted molar refractivity (Wildman–Crippen MR) is 79.5 cm³/mol. The maximum atomic E-state index is 12.1. The van der Waals surface area contributed by atoms with Gasteiger partial charge in [-0.15, -0.1) is 0 Å². The summed E-state index contributed by atoms with van der Waals surface area (Å²) in [7, 11) is -3.67. The molecule has 1 fully saturated rings. The summed E-state index contributed by atoms with van der Waals surface area (Å²) in [5, 5.41) is 10.7. The highest BCUT2D eigenvalue weighted by atomic mass is 32.2. The Kier molecular flexibility index (Phi) is 5.30. The van der Waals surface area contributed by atoms with E-state index in [1.54, 1.807) is 0 Å². The van der Waals surface area contributed by atoms with Gasteiger partial charge in [-0.1, -0.05) is 31.7 Å². The van der Waals surface area contributed by atoms with Crippen LogP contribution in [0.15, 0.2) is 29.2 Å². The van der Waals surface area contributed by atoms with E-state index >= 15 is 0 Å². The molecule has 116 valence electrons. The van der Waals surface area contributed by atoms with Crippen molar-refractivity contribution in [3.05, 3.63) is 34.4 Å². The van der Waals surface area contributed by atoms with Crippen LogP contribution in [0.1, 0.15) is 38.5 Å². The van der Waals surface area contributed by atoms with Gasteiger partial charge in [0.2, 0.25) is 10.0 Å². The van der Waals surface area contributed by atoms with Crippen molar-refractivity contribution in [3.8, 4) is 0 Å². The van der Waals surface area contributed by atoms with E-state index in [9.17, 15) is 18.5 Å². The standard InChI is InChI=1S/C14H20N2O4S/c17-16(18)13-8-3-9-14(11-13)21(19,20)15-10-4-7-12-5-1-2-6-12/h3,8-9,11-12,15H,1-2,4-7,10H2. The van der Waals surface area contributed by atoms with Crippen LogP contribution in [0.5, 0.6) is 0 Å². The quantitative estimate of drug-likeness (QED) is 0.476. The highest BCUT2D eigenvalue weighted by Crippen LogP contribution is 2.28. The first-order valence-corrected chi connectivity index (χ1v) is 8.71. The smallest absolute Gasteiger partial charge is 0.258 e. The monoisotopic (exact) mass is 312 g/mol. The lowest BCUT2D eigenvalue weighted by molar-refractivity contribution is -0.385. The van der Waals surface area contributed by atoms with Gasteiger partial charge in [-0.2, -0.15) is 0 Å². The number of hydrogen-bond acceptors (Lipinski definition) is 4. The minimum absolute atomic E-state index is 0.0578. The molecule has 1 aliphatic carbocycles. The molecule has 7 heteroatoms. The van der Waals surface area contributed by atoms with Crippen molar-refractivity contribution < 1.29 is 13.3 Å². The van der Waals surface area contributed by atoms with E-state index in [1.165, 1.54) is 43.9 Å². The highest BCUT2D eigenvalue weighted by Gasteiger charge is 2.18. The third-order valence-electron chi connectivity index (χ3n) is 3.89. The molecule has 1 aromatic carbocycles. The fourth-order valence-corrected chi connectivity index (χ4v) is 3.86. The SMILES string of the molecule is O=[N+]([O-])c1cccc(S(=O)(=O)NCCCC2CCCC2)c1. The number of nitro groups is 1. The van der Waals surface area contributed by atoms with Gasteiger partial charge in [0.05, 0.1) is 9.82 Å². The van der Waals surface area contributed by atoms with Crippen LogP contribution in [-0.4, -0.2) is 19.9 Å². The van der Waals surface area contributed by atoms with Gasteiger partial charge in [0.25, 0.3) is 5.69 Å². The van der Waals surface area contributed by atoms with E-state index in [1.807, 2.05) is 0 Å². The lowest BCUT2D eigenvalue weighted by atomic mass is 10.0. The molecule has 1 aliphatic rings. The molecule has 6 nitrogen and oxygen atoms in total. The van der Waals surface area contributed by atoms with E-state index < -0.39 is 14.9 Å². The number of nitrogens with zero attached hydrogens (tertiary/aromatic N) is 1. The van der Waals surface area contributed by atoms with Crippen LogP contribution in [0.3, 0.4) is 0 Å². The number of non-ortho nitro benzene ring substituents is 1. The Morgan fingerprint density at radius 3 is 2.67 bits per heavy atom. The van der Waals surface area contributed by atoms with Gasteiger partial charge in [0.1, 0.15) is 0 Å². The Morgan fingerprint density at radius 1 is 1.29 bits per heavy atom. The Hall–Kier alpha value is -1.47. The average Bonchev–Trinajstić information content (AvgIpc) is 2.97. The molecule has 21 heavy (non-hydrogen) atoms. The number of rotatable bonds is 7. The van der Waals surface area contributed by atoms with E-state index in [0.29, 0.717) is 6.54 Å². The van der Waals surface area contributed by atoms with Gasteiger partial charge in [0, 0.05) is 18.7 Å². The number of nitro benzene ring substituents is 1. The second-order valence-corrected chi connectivity index (χ2v) is 7.21. The Balaban J connectivity index is 1.88. The van der Waals surface area contributed by atoms with Crippen LogP contribution in [0, 0.1) is 16.0 Å². The van der Waals surface area contributed by atoms with Gasteiger partial charge in [-0.3, -0.25) is 10.1 Å². The van der Waals surface area contributed by atoms with Crippen molar-refractivity contribution in [1.82, 2.24) is 4.72 Å². The van der Waals surface area contributed by atoms with Crippen LogP contribution in [-0.2, 0) is 10.0 Å². The van der Waals surface area contributed by atoms with Crippen LogP contribution in [0.4, 0.5) is 5.69 Å². The number of nitrogens with one attached hydrogen (secondary N) is 1. The lowest BCUT2D eigenvalue weighted by Crippen LogP contribution is -2.25. The zero-order valence-electron chi connectivity index (χ0n) is 11.8.